The van der Waals surface area contributed by atoms with Gasteiger partial charge >= 0.3 is 6.01 Å². The molecule has 5 rings (SSSR count). The van der Waals surface area contributed by atoms with Crippen LogP contribution in [0.25, 0.3) is 33.8 Å². The summed E-state index contributed by atoms with van der Waals surface area (Å²) in [6, 6.07) is 19.0. The number of carbonyl (C=O) groups excluding carboxylic acids is 1. The van der Waals surface area contributed by atoms with Crippen molar-refractivity contribution in [2.24, 2.45) is 0 Å². The van der Waals surface area contributed by atoms with Crippen LogP contribution in [0.5, 0.6) is 0 Å². The van der Waals surface area contributed by atoms with Crippen LogP contribution in [0.15, 0.2) is 75.8 Å². The van der Waals surface area contributed by atoms with Crippen LogP contribution < -0.4 is 5.32 Å². The van der Waals surface area contributed by atoms with E-state index in [1.807, 2.05) is 56.3 Å². The van der Waals surface area contributed by atoms with Gasteiger partial charge in [-0.3, -0.25) is 10.1 Å². The highest BCUT2D eigenvalue weighted by Crippen LogP contribution is 2.28. The lowest BCUT2D eigenvalue weighted by molar-refractivity contribution is 0.102. The van der Waals surface area contributed by atoms with Crippen LogP contribution in [0.2, 0.25) is 0 Å². The molecule has 1 amide bonds. The fourth-order valence-electron chi connectivity index (χ4n) is 3.39. The summed E-state index contributed by atoms with van der Waals surface area (Å²) in [6.45, 7) is 4.01. The summed E-state index contributed by atoms with van der Waals surface area (Å²) in [5.41, 5.74) is 5.03. The van der Waals surface area contributed by atoms with Crippen molar-refractivity contribution >= 4 is 22.8 Å². The number of benzene rings is 2. The zero-order valence-corrected chi connectivity index (χ0v) is 16.9. The van der Waals surface area contributed by atoms with Crippen molar-refractivity contribution in [3.05, 3.63) is 83.6 Å². The van der Waals surface area contributed by atoms with Crippen LogP contribution >= 0.6 is 0 Å². The lowest BCUT2D eigenvalue weighted by atomic mass is 10.0. The van der Waals surface area contributed by atoms with Gasteiger partial charge in [-0.15, -0.1) is 5.10 Å². The fraction of sp³-hybridized carbons (Fsp3) is 0.0833. The molecule has 3 heterocycles. The van der Waals surface area contributed by atoms with Gasteiger partial charge in [0.15, 0.2) is 5.76 Å². The number of fused-ring (bicyclic) bond motifs is 1. The number of rotatable bonds is 4. The van der Waals surface area contributed by atoms with Crippen LogP contribution in [-0.2, 0) is 0 Å². The fourth-order valence-corrected chi connectivity index (χ4v) is 3.39. The normalized spacial score (nSPS) is 11.0. The predicted octanol–water partition coefficient (Wildman–Crippen LogP) is 5.41. The number of aromatic nitrogens is 3. The van der Waals surface area contributed by atoms with E-state index in [1.165, 1.54) is 6.26 Å². The molecule has 7 nitrogen and oxygen atoms in total. The first kappa shape index (κ1) is 18.7. The molecule has 0 saturated heterocycles. The molecule has 0 fully saturated rings. The highest BCUT2D eigenvalue weighted by molar-refractivity contribution is 6.12. The molecule has 5 aromatic rings. The quantitative estimate of drug-likeness (QED) is 0.425. The summed E-state index contributed by atoms with van der Waals surface area (Å²) in [5.74, 6) is 0.261. The monoisotopic (exact) mass is 410 g/mol. The largest absolute Gasteiger partial charge is 0.459 e. The Morgan fingerprint density at radius 2 is 1.81 bits per heavy atom. The second kappa shape index (κ2) is 7.53. The predicted molar refractivity (Wildman–Crippen MR) is 117 cm³/mol. The molecule has 0 aliphatic rings. The number of hydrogen-bond acceptors (Lipinski definition) is 6. The molecule has 0 atom stereocenters. The number of anilines is 1. The van der Waals surface area contributed by atoms with Gasteiger partial charge in [0.2, 0.25) is 0 Å². The minimum atomic E-state index is -0.360. The summed E-state index contributed by atoms with van der Waals surface area (Å²) >= 11 is 0. The number of para-hydroxylation sites is 1. The SMILES string of the molecule is Cc1ccc(-c2cc(C(=O)Nc3nnc(-c4ccco4)o3)c3cccc(C)c3n2)cc1. The van der Waals surface area contributed by atoms with Crippen LogP contribution in [-0.4, -0.2) is 21.1 Å². The highest BCUT2D eigenvalue weighted by Gasteiger charge is 2.18. The van der Waals surface area contributed by atoms with Crippen molar-refractivity contribution in [1.29, 1.82) is 0 Å². The Hall–Kier alpha value is -4.26. The lowest BCUT2D eigenvalue weighted by Gasteiger charge is -2.11. The molecule has 0 aliphatic heterocycles. The van der Waals surface area contributed by atoms with Gasteiger partial charge in [-0.25, -0.2) is 4.98 Å². The summed E-state index contributed by atoms with van der Waals surface area (Å²) in [5, 5.41) is 11.3. The summed E-state index contributed by atoms with van der Waals surface area (Å²) in [4.78, 5) is 18.0. The molecule has 31 heavy (non-hydrogen) atoms. The first-order valence-electron chi connectivity index (χ1n) is 9.74. The summed E-state index contributed by atoms with van der Waals surface area (Å²) in [7, 11) is 0. The van der Waals surface area contributed by atoms with Crippen LogP contribution in [0, 0.1) is 13.8 Å². The first-order chi connectivity index (χ1) is 15.1. The second-order valence-electron chi connectivity index (χ2n) is 7.24. The minimum absolute atomic E-state index is 0.00842. The Morgan fingerprint density at radius 1 is 0.968 bits per heavy atom. The van der Waals surface area contributed by atoms with Gasteiger partial charge in [0.25, 0.3) is 11.8 Å². The number of hydrogen-bond donors (Lipinski definition) is 1. The van der Waals surface area contributed by atoms with Crippen LogP contribution in [0.3, 0.4) is 0 Å². The van der Waals surface area contributed by atoms with E-state index in [-0.39, 0.29) is 17.8 Å². The van der Waals surface area contributed by atoms with E-state index in [4.69, 9.17) is 13.8 Å². The minimum Gasteiger partial charge on any atom is -0.459 e. The Kier molecular flexibility index (Phi) is 4.55. The van der Waals surface area contributed by atoms with Crippen LogP contribution in [0.1, 0.15) is 21.5 Å². The number of pyridine rings is 1. The van der Waals surface area contributed by atoms with Crippen molar-refractivity contribution in [3.8, 4) is 22.9 Å². The average Bonchev–Trinajstić information content (AvgIpc) is 3.46. The maximum Gasteiger partial charge on any atom is 0.322 e. The molecule has 0 bridgehead atoms. The molecule has 3 aromatic heterocycles. The Balaban J connectivity index is 1.55. The van der Waals surface area contributed by atoms with Crippen molar-refractivity contribution in [2.75, 3.05) is 5.32 Å². The van der Waals surface area contributed by atoms with E-state index < -0.39 is 0 Å². The Labute approximate surface area is 177 Å². The molecular formula is C24H18N4O3. The van der Waals surface area contributed by atoms with Gasteiger partial charge in [-0.1, -0.05) is 53.1 Å². The molecule has 1 N–H and O–H groups in total. The lowest BCUT2D eigenvalue weighted by Crippen LogP contribution is -2.13. The number of nitrogens with one attached hydrogen (secondary N) is 1. The van der Waals surface area contributed by atoms with E-state index in [9.17, 15) is 4.79 Å². The zero-order valence-electron chi connectivity index (χ0n) is 16.9. The number of furan rings is 1. The number of amides is 1. The van der Waals surface area contributed by atoms with Gasteiger partial charge in [-0.05, 0) is 37.6 Å². The maximum atomic E-state index is 13.2. The highest BCUT2D eigenvalue weighted by atomic mass is 16.4. The van der Waals surface area contributed by atoms with Crippen LogP contribution in [0.4, 0.5) is 6.01 Å². The van der Waals surface area contributed by atoms with Gasteiger partial charge in [0.05, 0.1) is 23.0 Å². The Bertz CT molecular complexity index is 1390. The van der Waals surface area contributed by atoms with Gasteiger partial charge in [0.1, 0.15) is 0 Å². The van der Waals surface area contributed by atoms with E-state index in [2.05, 4.69) is 15.5 Å². The van der Waals surface area contributed by atoms with E-state index in [0.29, 0.717) is 17.0 Å². The van der Waals surface area contributed by atoms with Crippen molar-refractivity contribution in [3.63, 3.8) is 0 Å². The molecule has 0 unspecified atom stereocenters. The zero-order chi connectivity index (χ0) is 21.4. The topological polar surface area (TPSA) is 94.1 Å². The second-order valence-corrected chi connectivity index (χ2v) is 7.24. The van der Waals surface area contributed by atoms with Gasteiger partial charge < -0.3 is 8.83 Å². The third-order valence-electron chi connectivity index (χ3n) is 5.01. The summed E-state index contributed by atoms with van der Waals surface area (Å²) < 4.78 is 10.8. The van der Waals surface area contributed by atoms with Crippen molar-refractivity contribution in [2.45, 2.75) is 13.8 Å². The third-order valence-corrected chi connectivity index (χ3v) is 5.01. The molecule has 0 radical (unpaired) electrons. The van der Waals surface area contributed by atoms with E-state index in [0.717, 1.165) is 27.6 Å². The molecule has 2 aromatic carbocycles. The smallest absolute Gasteiger partial charge is 0.322 e. The first-order valence-corrected chi connectivity index (χ1v) is 9.74. The Morgan fingerprint density at radius 3 is 2.58 bits per heavy atom. The van der Waals surface area contributed by atoms with Crippen molar-refractivity contribution < 1.29 is 13.6 Å². The molecule has 7 heteroatoms. The number of carbonyl (C=O) groups is 1. The number of nitrogens with zero attached hydrogens (tertiary/aromatic N) is 3. The molecule has 152 valence electrons. The van der Waals surface area contributed by atoms with E-state index in [1.54, 1.807) is 18.2 Å². The van der Waals surface area contributed by atoms with Crippen molar-refractivity contribution in [1.82, 2.24) is 15.2 Å². The average molecular weight is 410 g/mol. The van der Waals surface area contributed by atoms with Gasteiger partial charge in [0, 0.05) is 10.9 Å². The summed E-state index contributed by atoms with van der Waals surface area (Å²) in [6.07, 6.45) is 1.51. The third kappa shape index (κ3) is 3.57. The molecule has 0 spiro atoms. The van der Waals surface area contributed by atoms with Gasteiger partial charge in [-0.2, -0.15) is 0 Å². The number of aryl methyl sites for hydroxylation is 2. The standard InChI is InChI=1S/C24H18N4O3/c1-14-8-10-16(11-9-14)19-13-18(17-6-3-5-15(2)21(17)25-19)22(29)26-24-28-27-23(31-24)20-7-4-12-30-20/h3-13H,1-2H3,(H,26,28,29). The molecular weight excluding hydrogens is 392 g/mol. The maximum absolute atomic E-state index is 13.2. The molecule has 0 aliphatic carbocycles. The van der Waals surface area contributed by atoms with E-state index >= 15 is 0 Å². The molecule has 0 saturated carbocycles.